The van der Waals surface area contributed by atoms with Gasteiger partial charge in [0.1, 0.15) is 0 Å². The number of methoxy groups -OCH3 is 1. The SMILES string of the molecule is CCCN1CCCCC(CNC)C1c1cccc(OC)n1. The summed E-state index contributed by atoms with van der Waals surface area (Å²) in [6.45, 7) is 5.62. The second-order valence-corrected chi connectivity index (χ2v) is 5.90. The van der Waals surface area contributed by atoms with E-state index in [1.807, 2.05) is 13.1 Å². The Bertz CT molecular complexity index is 408. The normalized spacial score (nSPS) is 23.8. The highest BCUT2D eigenvalue weighted by molar-refractivity contribution is 5.19. The predicted molar refractivity (Wildman–Crippen MR) is 86.7 cm³/mol. The molecule has 1 aliphatic heterocycles. The number of nitrogens with zero attached hydrogens (tertiary/aromatic N) is 2. The lowest BCUT2D eigenvalue weighted by atomic mass is 9.91. The summed E-state index contributed by atoms with van der Waals surface area (Å²) in [6, 6.07) is 6.54. The fourth-order valence-electron chi connectivity index (χ4n) is 3.47. The summed E-state index contributed by atoms with van der Waals surface area (Å²) in [6.07, 6.45) is 5.06. The summed E-state index contributed by atoms with van der Waals surface area (Å²) in [5.74, 6) is 1.33. The van der Waals surface area contributed by atoms with Gasteiger partial charge in [-0.25, -0.2) is 4.98 Å². The third kappa shape index (κ3) is 4.17. The van der Waals surface area contributed by atoms with E-state index in [0.717, 1.165) is 24.7 Å². The Morgan fingerprint density at radius 1 is 1.38 bits per heavy atom. The van der Waals surface area contributed by atoms with Crippen LogP contribution in [0.2, 0.25) is 0 Å². The second-order valence-electron chi connectivity index (χ2n) is 5.90. The fourth-order valence-corrected chi connectivity index (χ4v) is 3.47. The zero-order valence-electron chi connectivity index (χ0n) is 13.6. The van der Waals surface area contributed by atoms with Gasteiger partial charge in [0.05, 0.1) is 18.8 Å². The minimum absolute atomic E-state index is 0.398. The summed E-state index contributed by atoms with van der Waals surface area (Å²) in [5, 5.41) is 3.37. The van der Waals surface area contributed by atoms with Crippen LogP contribution < -0.4 is 10.1 Å². The van der Waals surface area contributed by atoms with E-state index in [1.165, 1.54) is 32.2 Å². The van der Waals surface area contributed by atoms with Crippen molar-refractivity contribution in [3.8, 4) is 5.88 Å². The average molecular weight is 291 g/mol. The smallest absolute Gasteiger partial charge is 0.213 e. The van der Waals surface area contributed by atoms with Crippen LogP contribution >= 0.6 is 0 Å². The number of aromatic nitrogens is 1. The number of pyridine rings is 1. The molecule has 1 saturated heterocycles. The molecule has 1 aliphatic rings. The largest absolute Gasteiger partial charge is 0.481 e. The van der Waals surface area contributed by atoms with Crippen molar-refractivity contribution in [3.05, 3.63) is 23.9 Å². The van der Waals surface area contributed by atoms with Gasteiger partial charge in [-0.2, -0.15) is 0 Å². The van der Waals surface area contributed by atoms with E-state index in [-0.39, 0.29) is 0 Å². The Hall–Kier alpha value is -1.13. The molecule has 2 unspecified atom stereocenters. The molecular formula is C17H29N3O. The van der Waals surface area contributed by atoms with Crippen LogP contribution in [-0.4, -0.2) is 43.7 Å². The van der Waals surface area contributed by atoms with Gasteiger partial charge in [-0.3, -0.25) is 4.90 Å². The van der Waals surface area contributed by atoms with E-state index < -0.39 is 0 Å². The van der Waals surface area contributed by atoms with Crippen molar-refractivity contribution in [2.24, 2.45) is 5.92 Å². The van der Waals surface area contributed by atoms with Gasteiger partial charge in [-0.15, -0.1) is 0 Å². The van der Waals surface area contributed by atoms with Crippen molar-refractivity contribution in [2.45, 2.75) is 38.6 Å². The Kier molecular flexibility index (Phi) is 6.46. The van der Waals surface area contributed by atoms with Gasteiger partial charge in [0, 0.05) is 6.07 Å². The van der Waals surface area contributed by atoms with Crippen LogP contribution in [0.25, 0.3) is 0 Å². The lowest BCUT2D eigenvalue weighted by Gasteiger charge is -2.34. The maximum Gasteiger partial charge on any atom is 0.213 e. The molecule has 2 atom stereocenters. The molecule has 0 bridgehead atoms. The van der Waals surface area contributed by atoms with E-state index in [2.05, 4.69) is 29.3 Å². The molecule has 1 fully saturated rings. The van der Waals surface area contributed by atoms with Crippen molar-refractivity contribution >= 4 is 0 Å². The van der Waals surface area contributed by atoms with E-state index >= 15 is 0 Å². The first-order valence-corrected chi connectivity index (χ1v) is 8.19. The average Bonchev–Trinajstić information content (AvgIpc) is 2.70. The quantitative estimate of drug-likeness (QED) is 0.874. The van der Waals surface area contributed by atoms with Gasteiger partial charge in [0.15, 0.2) is 0 Å². The summed E-state index contributed by atoms with van der Waals surface area (Å²) >= 11 is 0. The molecule has 2 heterocycles. The Morgan fingerprint density at radius 3 is 2.95 bits per heavy atom. The Morgan fingerprint density at radius 2 is 2.24 bits per heavy atom. The molecule has 0 radical (unpaired) electrons. The second kappa shape index (κ2) is 8.35. The van der Waals surface area contributed by atoms with E-state index in [4.69, 9.17) is 9.72 Å². The minimum atomic E-state index is 0.398. The molecule has 1 aromatic rings. The molecule has 1 aromatic heterocycles. The molecule has 0 aromatic carbocycles. The first kappa shape index (κ1) is 16.2. The zero-order valence-corrected chi connectivity index (χ0v) is 13.6. The van der Waals surface area contributed by atoms with Crippen molar-refractivity contribution < 1.29 is 4.74 Å². The van der Waals surface area contributed by atoms with Crippen LogP contribution in [0.15, 0.2) is 18.2 Å². The van der Waals surface area contributed by atoms with Crippen LogP contribution in [-0.2, 0) is 0 Å². The van der Waals surface area contributed by atoms with Crippen LogP contribution in [0.3, 0.4) is 0 Å². The monoisotopic (exact) mass is 291 g/mol. The molecule has 4 nitrogen and oxygen atoms in total. The lowest BCUT2D eigenvalue weighted by Crippen LogP contribution is -2.37. The molecule has 2 rings (SSSR count). The Balaban J connectivity index is 2.32. The molecule has 1 N–H and O–H groups in total. The molecular weight excluding hydrogens is 262 g/mol. The molecule has 0 saturated carbocycles. The summed E-state index contributed by atoms with van der Waals surface area (Å²) in [7, 11) is 3.74. The number of likely N-dealkylation sites (tertiary alicyclic amines) is 1. The van der Waals surface area contributed by atoms with Crippen LogP contribution in [0.1, 0.15) is 44.3 Å². The third-order valence-electron chi connectivity index (χ3n) is 4.34. The topological polar surface area (TPSA) is 37.4 Å². The fraction of sp³-hybridized carbons (Fsp3) is 0.706. The van der Waals surface area contributed by atoms with E-state index in [9.17, 15) is 0 Å². The number of rotatable bonds is 6. The number of hydrogen-bond donors (Lipinski definition) is 1. The number of ether oxygens (including phenoxy) is 1. The zero-order chi connectivity index (χ0) is 15.1. The molecule has 118 valence electrons. The summed E-state index contributed by atoms with van der Waals surface area (Å²) in [5.41, 5.74) is 1.16. The van der Waals surface area contributed by atoms with Crippen LogP contribution in [0.5, 0.6) is 5.88 Å². The summed E-state index contributed by atoms with van der Waals surface area (Å²) in [4.78, 5) is 7.35. The first-order valence-electron chi connectivity index (χ1n) is 8.19. The van der Waals surface area contributed by atoms with Crippen LogP contribution in [0, 0.1) is 5.92 Å². The third-order valence-corrected chi connectivity index (χ3v) is 4.34. The minimum Gasteiger partial charge on any atom is -0.481 e. The maximum atomic E-state index is 5.32. The van der Waals surface area contributed by atoms with Crippen LogP contribution in [0.4, 0.5) is 0 Å². The van der Waals surface area contributed by atoms with Crippen molar-refractivity contribution in [2.75, 3.05) is 33.8 Å². The van der Waals surface area contributed by atoms with Gasteiger partial charge in [0.2, 0.25) is 5.88 Å². The highest BCUT2D eigenvalue weighted by Crippen LogP contribution is 2.34. The maximum absolute atomic E-state index is 5.32. The number of nitrogens with one attached hydrogen (secondary N) is 1. The molecule has 21 heavy (non-hydrogen) atoms. The van der Waals surface area contributed by atoms with Gasteiger partial charge < -0.3 is 10.1 Å². The van der Waals surface area contributed by atoms with Crippen molar-refractivity contribution in [3.63, 3.8) is 0 Å². The predicted octanol–water partition coefficient (Wildman–Crippen LogP) is 2.86. The molecule has 0 aliphatic carbocycles. The van der Waals surface area contributed by atoms with Gasteiger partial charge >= 0.3 is 0 Å². The highest BCUT2D eigenvalue weighted by Gasteiger charge is 2.31. The molecule has 0 amide bonds. The standard InChI is InChI=1S/C17H29N3O/c1-4-11-20-12-6-5-8-14(13-18-2)17(20)15-9-7-10-16(19-15)21-3/h7,9-10,14,17-18H,4-6,8,11-13H2,1-3H3. The number of hydrogen-bond acceptors (Lipinski definition) is 4. The highest BCUT2D eigenvalue weighted by atomic mass is 16.5. The van der Waals surface area contributed by atoms with E-state index in [1.54, 1.807) is 7.11 Å². The molecule has 0 spiro atoms. The first-order chi connectivity index (χ1) is 10.3. The molecule has 4 heteroatoms. The van der Waals surface area contributed by atoms with Crippen molar-refractivity contribution in [1.29, 1.82) is 0 Å². The van der Waals surface area contributed by atoms with Gasteiger partial charge in [-0.05, 0) is 57.9 Å². The van der Waals surface area contributed by atoms with E-state index in [0.29, 0.717) is 12.0 Å². The van der Waals surface area contributed by atoms with Gasteiger partial charge in [0.25, 0.3) is 0 Å². The van der Waals surface area contributed by atoms with Gasteiger partial charge in [-0.1, -0.05) is 19.4 Å². The van der Waals surface area contributed by atoms with Crippen molar-refractivity contribution in [1.82, 2.24) is 15.2 Å². The lowest BCUT2D eigenvalue weighted by molar-refractivity contribution is 0.150. The summed E-state index contributed by atoms with van der Waals surface area (Å²) < 4.78 is 5.32. The Labute approximate surface area is 128 Å².